The van der Waals surface area contributed by atoms with E-state index in [2.05, 4.69) is 0 Å². The SMILES string of the molecule is CC(C)(C)S(=O)(=O)CCCC(N)=O. The van der Waals surface area contributed by atoms with E-state index in [1.807, 2.05) is 0 Å². The fraction of sp³-hybridized carbons (Fsp3) is 0.875. The van der Waals surface area contributed by atoms with Gasteiger partial charge in [-0.25, -0.2) is 8.42 Å². The molecule has 0 aliphatic rings. The molecule has 0 saturated heterocycles. The summed E-state index contributed by atoms with van der Waals surface area (Å²) >= 11 is 0. The first kappa shape index (κ1) is 12.4. The van der Waals surface area contributed by atoms with Crippen LogP contribution in [0.5, 0.6) is 0 Å². The molecule has 0 unspecified atom stereocenters. The van der Waals surface area contributed by atoms with Crippen molar-refractivity contribution in [2.75, 3.05) is 5.75 Å². The molecule has 0 spiro atoms. The largest absolute Gasteiger partial charge is 0.370 e. The van der Waals surface area contributed by atoms with Gasteiger partial charge in [0, 0.05) is 6.42 Å². The molecule has 0 fully saturated rings. The summed E-state index contributed by atoms with van der Waals surface area (Å²) in [6.07, 6.45) is 0.449. The summed E-state index contributed by atoms with van der Waals surface area (Å²) in [6, 6.07) is 0. The van der Waals surface area contributed by atoms with Crippen LogP contribution in [0, 0.1) is 0 Å². The first-order valence-corrected chi connectivity index (χ1v) is 5.82. The number of hydrogen-bond acceptors (Lipinski definition) is 3. The Morgan fingerprint density at radius 1 is 1.31 bits per heavy atom. The number of carbonyl (C=O) groups is 1. The Morgan fingerprint density at radius 3 is 2.08 bits per heavy atom. The normalized spacial score (nSPS) is 12.8. The number of hydrogen-bond donors (Lipinski definition) is 1. The summed E-state index contributed by atoms with van der Waals surface area (Å²) in [6.45, 7) is 4.94. The molecule has 0 bridgehead atoms. The van der Waals surface area contributed by atoms with Gasteiger partial charge >= 0.3 is 0 Å². The van der Waals surface area contributed by atoms with Gasteiger partial charge in [-0.2, -0.15) is 0 Å². The van der Waals surface area contributed by atoms with E-state index in [0.29, 0.717) is 6.42 Å². The second-order valence-electron chi connectivity index (χ2n) is 4.00. The van der Waals surface area contributed by atoms with Crippen LogP contribution in [-0.2, 0) is 14.6 Å². The zero-order valence-corrected chi connectivity index (χ0v) is 9.15. The summed E-state index contributed by atoms with van der Waals surface area (Å²) in [5.41, 5.74) is 4.90. The topological polar surface area (TPSA) is 77.2 Å². The third-order valence-corrected chi connectivity index (χ3v) is 4.46. The molecule has 2 N–H and O–H groups in total. The minimum Gasteiger partial charge on any atom is -0.370 e. The highest BCUT2D eigenvalue weighted by Gasteiger charge is 2.28. The fourth-order valence-electron chi connectivity index (χ4n) is 0.743. The lowest BCUT2D eigenvalue weighted by Crippen LogP contribution is -2.30. The predicted octanol–water partition coefficient (Wildman–Crippen LogP) is 0.465. The van der Waals surface area contributed by atoms with Crippen LogP contribution in [0.25, 0.3) is 0 Å². The number of amides is 1. The number of sulfone groups is 1. The highest BCUT2D eigenvalue weighted by atomic mass is 32.2. The molecule has 0 rings (SSSR count). The Balaban J connectivity index is 4.15. The van der Waals surface area contributed by atoms with Crippen molar-refractivity contribution < 1.29 is 13.2 Å². The lowest BCUT2D eigenvalue weighted by atomic mass is 10.3. The molecule has 0 aromatic carbocycles. The summed E-state index contributed by atoms with van der Waals surface area (Å²) in [4.78, 5) is 10.4. The Morgan fingerprint density at radius 2 is 1.77 bits per heavy atom. The highest BCUT2D eigenvalue weighted by Crippen LogP contribution is 2.16. The molecule has 0 saturated carbocycles. The van der Waals surface area contributed by atoms with Crippen molar-refractivity contribution in [2.45, 2.75) is 38.4 Å². The Hall–Kier alpha value is -0.580. The van der Waals surface area contributed by atoms with Crippen molar-refractivity contribution in [1.29, 1.82) is 0 Å². The molecule has 0 aromatic rings. The maximum atomic E-state index is 11.5. The van der Waals surface area contributed by atoms with E-state index < -0.39 is 20.5 Å². The molecule has 4 nitrogen and oxygen atoms in total. The third-order valence-electron chi connectivity index (χ3n) is 1.77. The van der Waals surface area contributed by atoms with Crippen molar-refractivity contribution in [3.63, 3.8) is 0 Å². The second kappa shape index (κ2) is 4.09. The van der Waals surface area contributed by atoms with Gasteiger partial charge < -0.3 is 5.73 Å². The van der Waals surface area contributed by atoms with E-state index in [9.17, 15) is 13.2 Å². The van der Waals surface area contributed by atoms with E-state index in [-0.39, 0.29) is 12.2 Å². The second-order valence-corrected chi connectivity index (χ2v) is 6.86. The molecule has 0 radical (unpaired) electrons. The van der Waals surface area contributed by atoms with Crippen LogP contribution in [0.2, 0.25) is 0 Å². The molecule has 78 valence electrons. The van der Waals surface area contributed by atoms with Crippen LogP contribution < -0.4 is 5.73 Å². The minimum absolute atomic E-state index is 0.0272. The van der Waals surface area contributed by atoms with Crippen LogP contribution >= 0.6 is 0 Å². The van der Waals surface area contributed by atoms with Crippen molar-refractivity contribution >= 4 is 15.7 Å². The zero-order valence-electron chi connectivity index (χ0n) is 8.33. The smallest absolute Gasteiger partial charge is 0.217 e. The summed E-state index contributed by atoms with van der Waals surface area (Å²) in [5, 5.41) is 0. The van der Waals surface area contributed by atoms with Crippen LogP contribution in [-0.4, -0.2) is 24.8 Å². The van der Waals surface area contributed by atoms with Gasteiger partial charge in [0.05, 0.1) is 10.5 Å². The van der Waals surface area contributed by atoms with Crippen molar-refractivity contribution in [2.24, 2.45) is 5.73 Å². The van der Waals surface area contributed by atoms with Gasteiger partial charge in [-0.1, -0.05) is 0 Å². The summed E-state index contributed by atoms with van der Waals surface area (Å²) in [7, 11) is -3.10. The molecular formula is C8H17NO3S. The van der Waals surface area contributed by atoms with Gasteiger partial charge in [0.1, 0.15) is 0 Å². The highest BCUT2D eigenvalue weighted by molar-refractivity contribution is 7.92. The van der Waals surface area contributed by atoms with Crippen molar-refractivity contribution in [3.8, 4) is 0 Å². The first-order chi connectivity index (χ1) is 5.67. The van der Waals surface area contributed by atoms with Gasteiger partial charge in [-0.15, -0.1) is 0 Å². The predicted molar refractivity (Wildman–Crippen MR) is 52.0 cm³/mol. The number of nitrogens with two attached hydrogens (primary N) is 1. The number of primary amides is 1. The standard InChI is InChI=1S/C8H17NO3S/c1-8(2,3)13(11,12)6-4-5-7(9)10/h4-6H2,1-3H3,(H2,9,10). The van der Waals surface area contributed by atoms with Crippen LogP contribution in [0.4, 0.5) is 0 Å². The van der Waals surface area contributed by atoms with Gasteiger partial charge in [-0.3, -0.25) is 4.79 Å². The van der Waals surface area contributed by atoms with E-state index >= 15 is 0 Å². The maximum absolute atomic E-state index is 11.5. The third kappa shape index (κ3) is 4.26. The number of carbonyl (C=O) groups excluding carboxylic acids is 1. The minimum atomic E-state index is -3.10. The van der Waals surface area contributed by atoms with Gasteiger partial charge in [-0.05, 0) is 27.2 Å². The average Bonchev–Trinajstić information content (AvgIpc) is 1.82. The maximum Gasteiger partial charge on any atom is 0.217 e. The lowest BCUT2D eigenvalue weighted by Gasteiger charge is -2.18. The Labute approximate surface area is 79.4 Å². The van der Waals surface area contributed by atoms with Gasteiger partial charge in [0.2, 0.25) is 5.91 Å². The van der Waals surface area contributed by atoms with Gasteiger partial charge in [0.25, 0.3) is 0 Å². The fourth-order valence-corrected chi connectivity index (χ4v) is 1.88. The lowest BCUT2D eigenvalue weighted by molar-refractivity contribution is -0.118. The van der Waals surface area contributed by atoms with Crippen molar-refractivity contribution in [1.82, 2.24) is 0 Å². The van der Waals surface area contributed by atoms with Gasteiger partial charge in [0.15, 0.2) is 9.84 Å². The Kier molecular flexibility index (Phi) is 3.90. The summed E-state index contributed by atoms with van der Waals surface area (Å²) < 4.78 is 22.2. The Bertz CT molecular complexity index is 274. The van der Waals surface area contributed by atoms with E-state index in [0.717, 1.165) is 0 Å². The van der Waals surface area contributed by atoms with Crippen molar-refractivity contribution in [3.05, 3.63) is 0 Å². The quantitative estimate of drug-likeness (QED) is 0.727. The van der Waals surface area contributed by atoms with Crippen LogP contribution in [0.15, 0.2) is 0 Å². The van der Waals surface area contributed by atoms with Crippen LogP contribution in [0.1, 0.15) is 33.6 Å². The molecule has 0 atom stereocenters. The number of rotatable bonds is 4. The molecule has 0 heterocycles. The van der Waals surface area contributed by atoms with E-state index in [1.165, 1.54) is 0 Å². The molecule has 5 heteroatoms. The monoisotopic (exact) mass is 207 g/mol. The zero-order chi connectivity index (χ0) is 10.7. The van der Waals surface area contributed by atoms with E-state index in [4.69, 9.17) is 5.73 Å². The summed E-state index contributed by atoms with van der Waals surface area (Å²) in [5.74, 6) is -0.427. The molecule has 0 aliphatic heterocycles. The molecule has 1 amide bonds. The average molecular weight is 207 g/mol. The first-order valence-electron chi connectivity index (χ1n) is 4.17. The molecule has 0 aliphatic carbocycles. The molecule has 13 heavy (non-hydrogen) atoms. The van der Waals surface area contributed by atoms with E-state index in [1.54, 1.807) is 20.8 Å². The molecule has 0 aromatic heterocycles. The molecular weight excluding hydrogens is 190 g/mol. The van der Waals surface area contributed by atoms with Crippen LogP contribution in [0.3, 0.4) is 0 Å².